The van der Waals surface area contributed by atoms with Crippen LogP contribution >= 0.6 is 11.3 Å². The highest BCUT2D eigenvalue weighted by molar-refractivity contribution is 7.12. The molecular formula is C12H21NO2S. The SMILES string of the molecule is COC(OC)C(C)NCc1cc(C)sc1C. The van der Waals surface area contributed by atoms with E-state index in [1.54, 1.807) is 14.2 Å². The van der Waals surface area contributed by atoms with Gasteiger partial charge in [-0.3, -0.25) is 0 Å². The maximum absolute atomic E-state index is 5.20. The molecule has 0 aromatic carbocycles. The summed E-state index contributed by atoms with van der Waals surface area (Å²) in [6.45, 7) is 7.22. The number of rotatable bonds is 6. The molecule has 0 aliphatic rings. The van der Waals surface area contributed by atoms with Crippen molar-refractivity contribution in [1.29, 1.82) is 0 Å². The molecule has 0 spiro atoms. The van der Waals surface area contributed by atoms with Crippen molar-refractivity contribution in [2.75, 3.05) is 14.2 Å². The first kappa shape index (κ1) is 13.6. The molecule has 1 unspecified atom stereocenters. The Morgan fingerprint density at radius 3 is 2.38 bits per heavy atom. The third-order valence-electron chi connectivity index (χ3n) is 2.63. The summed E-state index contributed by atoms with van der Waals surface area (Å²) in [5, 5.41) is 3.41. The summed E-state index contributed by atoms with van der Waals surface area (Å²) >= 11 is 1.84. The van der Waals surface area contributed by atoms with Gasteiger partial charge in [-0.2, -0.15) is 0 Å². The first-order chi connectivity index (χ1) is 7.58. The van der Waals surface area contributed by atoms with Crippen molar-refractivity contribution < 1.29 is 9.47 Å². The molecule has 92 valence electrons. The quantitative estimate of drug-likeness (QED) is 0.779. The Morgan fingerprint density at radius 1 is 1.31 bits per heavy atom. The van der Waals surface area contributed by atoms with E-state index < -0.39 is 0 Å². The lowest BCUT2D eigenvalue weighted by molar-refractivity contribution is -0.119. The molecule has 3 nitrogen and oxygen atoms in total. The third-order valence-corrected chi connectivity index (χ3v) is 3.64. The molecule has 0 amide bonds. The zero-order valence-electron chi connectivity index (χ0n) is 10.7. The van der Waals surface area contributed by atoms with Gasteiger partial charge in [0.15, 0.2) is 6.29 Å². The summed E-state index contributed by atoms with van der Waals surface area (Å²) < 4.78 is 10.4. The molecule has 0 aliphatic heterocycles. The van der Waals surface area contributed by atoms with E-state index in [1.807, 2.05) is 11.3 Å². The fourth-order valence-electron chi connectivity index (χ4n) is 1.73. The third kappa shape index (κ3) is 3.56. The molecule has 1 aromatic rings. The standard InChI is InChI=1S/C12H21NO2S/c1-8-6-11(10(3)16-8)7-13-9(2)12(14-4)15-5/h6,9,12-13H,7H2,1-5H3. The van der Waals surface area contributed by atoms with Crippen LogP contribution in [-0.2, 0) is 16.0 Å². The van der Waals surface area contributed by atoms with Crippen molar-refractivity contribution in [3.63, 3.8) is 0 Å². The van der Waals surface area contributed by atoms with Gasteiger partial charge in [0, 0.05) is 30.5 Å². The van der Waals surface area contributed by atoms with Crippen LogP contribution in [0.5, 0.6) is 0 Å². The van der Waals surface area contributed by atoms with Gasteiger partial charge < -0.3 is 14.8 Å². The highest BCUT2D eigenvalue weighted by Gasteiger charge is 2.15. The molecule has 0 fully saturated rings. The van der Waals surface area contributed by atoms with Crippen molar-refractivity contribution in [2.45, 2.75) is 39.6 Å². The first-order valence-electron chi connectivity index (χ1n) is 5.43. The molecule has 1 atom stereocenters. The van der Waals surface area contributed by atoms with E-state index in [4.69, 9.17) is 9.47 Å². The second kappa shape index (κ2) is 6.35. The second-order valence-corrected chi connectivity index (χ2v) is 5.41. The van der Waals surface area contributed by atoms with Crippen molar-refractivity contribution in [2.24, 2.45) is 0 Å². The van der Waals surface area contributed by atoms with Gasteiger partial charge in [0.05, 0.1) is 6.04 Å². The second-order valence-electron chi connectivity index (χ2n) is 3.95. The highest BCUT2D eigenvalue weighted by Crippen LogP contribution is 2.20. The molecule has 0 saturated carbocycles. The summed E-state index contributed by atoms with van der Waals surface area (Å²) in [7, 11) is 3.32. The van der Waals surface area contributed by atoms with Crippen LogP contribution < -0.4 is 5.32 Å². The van der Waals surface area contributed by atoms with E-state index in [9.17, 15) is 0 Å². The molecule has 1 N–H and O–H groups in total. The molecule has 16 heavy (non-hydrogen) atoms. The van der Waals surface area contributed by atoms with Gasteiger partial charge in [0.25, 0.3) is 0 Å². The van der Waals surface area contributed by atoms with Crippen LogP contribution in [0.4, 0.5) is 0 Å². The minimum absolute atomic E-state index is 0.176. The molecular weight excluding hydrogens is 222 g/mol. The molecule has 0 saturated heterocycles. The van der Waals surface area contributed by atoms with E-state index in [2.05, 4.69) is 32.2 Å². The van der Waals surface area contributed by atoms with E-state index >= 15 is 0 Å². The van der Waals surface area contributed by atoms with Gasteiger partial charge >= 0.3 is 0 Å². The number of hydrogen-bond acceptors (Lipinski definition) is 4. The zero-order valence-corrected chi connectivity index (χ0v) is 11.5. The fraction of sp³-hybridized carbons (Fsp3) is 0.667. The predicted octanol–water partition coefficient (Wildman–Crippen LogP) is 2.46. The topological polar surface area (TPSA) is 30.5 Å². The lowest BCUT2D eigenvalue weighted by Gasteiger charge is -2.22. The lowest BCUT2D eigenvalue weighted by Crippen LogP contribution is -2.39. The Morgan fingerprint density at radius 2 is 1.94 bits per heavy atom. The van der Waals surface area contributed by atoms with Gasteiger partial charge in [-0.25, -0.2) is 0 Å². The number of hydrogen-bond donors (Lipinski definition) is 1. The normalized spacial score (nSPS) is 13.4. The number of aryl methyl sites for hydroxylation is 2. The fourth-order valence-corrected chi connectivity index (χ4v) is 2.68. The van der Waals surface area contributed by atoms with Crippen LogP contribution in [0.15, 0.2) is 6.07 Å². The Hall–Kier alpha value is -0.420. The van der Waals surface area contributed by atoms with Gasteiger partial charge in [-0.1, -0.05) is 0 Å². The average molecular weight is 243 g/mol. The maximum atomic E-state index is 5.20. The van der Waals surface area contributed by atoms with E-state index in [0.717, 1.165) is 6.54 Å². The van der Waals surface area contributed by atoms with Gasteiger partial charge in [-0.15, -0.1) is 11.3 Å². The summed E-state index contributed by atoms with van der Waals surface area (Å²) in [4.78, 5) is 2.74. The molecule has 4 heteroatoms. The van der Waals surface area contributed by atoms with Crippen LogP contribution in [0.1, 0.15) is 22.2 Å². The number of nitrogens with one attached hydrogen (secondary N) is 1. The van der Waals surface area contributed by atoms with Crippen LogP contribution in [0.2, 0.25) is 0 Å². The summed E-state index contributed by atoms with van der Waals surface area (Å²) in [5.74, 6) is 0. The minimum Gasteiger partial charge on any atom is -0.354 e. The minimum atomic E-state index is -0.194. The highest BCUT2D eigenvalue weighted by atomic mass is 32.1. The van der Waals surface area contributed by atoms with Gasteiger partial charge in [0.2, 0.25) is 0 Å². The average Bonchev–Trinajstić information content (AvgIpc) is 2.56. The van der Waals surface area contributed by atoms with E-state index in [1.165, 1.54) is 15.3 Å². The summed E-state index contributed by atoms with van der Waals surface area (Å²) in [6, 6.07) is 2.41. The van der Waals surface area contributed by atoms with Crippen molar-refractivity contribution in [1.82, 2.24) is 5.32 Å². The lowest BCUT2D eigenvalue weighted by atomic mass is 10.2. The van der Waals surface area contributed by atoms with Crippen molar-refractivity contribution in [3.05, 3.63) is 21.4 Å². The maximum Gasteiger partial charge on any atom is 0.171 e. The Kier molecular flexibility index (Phi) is 5.41. The Bertz CT molecular complexity index is 321. The summed E-state index contributed by atoms with van der Waals surface area (Å²) in [6.07, 6.45) is -0.194. The number of ether oxygens (including phenoxy) is 2. The molecule has 1 heterocycles. The van der Waals surface area contributed by atoms with Crippen LogP contribution in [0.25, 0.3) is 0 Å². The molecule has 0 aliphatic carbocycles. The van der Waals surface area contributed by atoms with Crippen LogP contribution in [-0.4, -0.2) is 26.6 Å². The van der Waals surface area contributed by atoms with Crippen LogP contribution in [0, 0.1) is 13.8 Å². The van der Waals surface area contributed by atoms with Crippen molar-refractivity contribution in [3.8, 4) is 0 Å². The van der Waals surface area contributed by atoms with Gasteiger partial charge in [0.1, 0.15) is 0 Å². The molecule has 0 radical (unpaired) electrons. The van der Waals surface area contributed by atoms with Gasteiger partial charge in [-0.05, 0) is 32.4 Å². The first-order valence-corrected chi connectivity index (χ1v) is 6.25. The smallest absolute Gasteiger partial charge is 0.171 e. The zero-order chi connectivity index (χ0) is 12.1. The molecule has 0 bridgehead atoms. The summed E-state index contributed by atoms with van der Waals surface area (Å²) in [5.41, 5.74) is 1.36. The predicted molar refractivity (Wildman–Crippen MR) is 67.9 cm³/mol. The number of thiophene rings is 1. The molecule has 1 rings (SSSR count). The van der Waals surface area contributed by atoms with Crippen molar-refractivity contribution >= 4 is 11.3 Å². The van der Waals surface area contributed by atoms with E-state index in [-0.39, 0.29) is 12.3 Å². The van der Waals surface area contributed by atoms with E-state index in [0.29, 0.717) is 0 Å². The van der Waals surface area contributed by atoms with Crippen LogP contribution in [0.3, 0.4) is 0 Å². The molecule has 1 aromatic heterocycles. The Balaban J connectivity index is 2.48. The monoisotopic (exact) mass is 243 g/mol. The Labute approximate surface area is 102 Å². The number of methoxy groups -OCH3 is 2. The largest absolute Gasteiger partial charge is 0.354 e.